The fourth-order valence-corrected chi connectivity index (χ4v) is 3.00. The summed E-state index contributed by atoms with van der Waals surface area (Å²) in [5.74, 6) is 0. The Morgan fingerprint density at radius 1 is 0.957 bits per heavy atom. The SMILES string of the molecule is CN(c1ccc2ccccc2c1)C(CN)Cc1ccc(Cl)cc1. The van der Waals surface area contributed by atoms with E-state index in [4.69, 9.17) is 17.3 Å². The van der Waals surface area contributed by atoms with Gasteiger partial charge < -0.3 is 10.6 Å². The lowest BCUT2D eigenvalue weighted by Gasteiger charge is -2.29. The zero-order valence-corrected chi connectivity index (χ0v) is 14.0. The van der Waals surface area contributed by atoms with Crippen molar-refractivity contribution in [2.45, 2.75) is 12.5 Å². The number of hydrogen-bond acceptors (Lipinski definition) is 2. The predicted molar refractivity (Wildman–Crippen MR) is 100 cm³/mol. The molecule has 0 aliphatic rings. The standard InChI is InChI=1S/C20H21ClN2/c1-23(19-11-8-16-4-2-3-5-17(16)13-19)20(14-22)12-15-6-9-18(21)10-7-15/h2-11,13,20H,12,14,22H2,1H3. The van der Waals surface area contributed by atoms with Crippen LogP contribution in [-0.4, -0.2) is 19.6 Å². The van der Waals surface area contributed by atoms with Gasteiger partial charge in [0.2, 0.25) is 0 Å². The van der Waals surface area contributed by atoms with Crippen molar-refractivity contribution in [1.29, 1.82) is 0 Å². The molecule has 0 aromatic heterocycles. The quantitative estimate of drug-likeness (QED) is 0.748. The normalized spacial score (nSPS) is 12.3. The van der Waals surface area contributed by atoms with E-state index in [1.165, 1.54) is 22.0 Å². The van der Waals surface area contributed by atoms with Gasteiger partial charge in [-0.05, 0) is 47.0 Å². The van der Waals surface area contributed by atoms with Crippen molar-refractivity contribution >= 4 is 28.1 Å². The Labute approximate surface area is 142 Å². The van der Waals surface area contributed by atoms with E-state index in [1.807, 2.05) is 12.1 Å². The Bertz CT molecular complexity index is 783. The van der Waals surface area contributed by atoms with Crippen molar-refractivity contribution < 1.29 is 0 Å². The third-order valence-electron chi connectivity index (χ3n) is 4.34. The van der Waals surface area contributed by atoms with Crippen molar-refractivity contribution in [2.24, 2.45) is 5.73 Å². The van der Waals surface area contributed by atoms with Crippen LogP contribution < -0.4 is 10.6 Å². The molecule has 3 rings (SSSR count). The van der Waals surface area contributed by atoms with Crippen LogP contribution in [0.3, 0.4) is 0 Å². The molecule has 2 N–H and O–H groups in total. The summed E-state index contributed by atoms with van der Waals surface area (Å²) < 4.78 is 0. The van der Waals surface area contributed by atoms with E-state index in [0.29, 0.717) is 6.54 Å². The van der Waals surface area contributed by atoms with Gasteiger partial charge in [0.1, 0.15) is 0 Å². The summed E-state index contributed by atoms with van der Waals surface area (Å²) in [7, 11) is 2.11. The topological polar surface area (TPSA) is 29.3 Å². The van der Waals surface area contributed by atoms with Crippen LogP contribution in [0.4, 0.5) is 5.69 Å². The van der Waals surface area contributed by atoms with Crippen molar-refractivity contribution in [3.05, 3.63) is 77.3 Å². The van der Waals surface area contributed by atoms with E-state index in [1.54, 1.807) is 0 Å². The number of nitrogens with zero attached hydrogens (tertiary/aromatic N) is 1. The highest BCUT2D eigenvalue weighted by atomic mass is 35.5. The van der Waals surface area contributed by atoms with Gasteiger partial charge in [0.05, 0.1) is 0 Å². The second-order valence-corrected chi connectivity index (χ2v) is 6.30. The molecule has 2 nitrogen and oxygen atoms in total. The zero-order valence-electron chi connectivity index (χ0n) is 13.2. The number of likely N-dealkylation sites (N-methyl/N-ethyl adjacent to an activating group) is 1. The highest BCUT2D eigenvalue weighted by Crippen LogP contribution is 2.23. The maximum absolute atomic E-state index is 6.03. The molecular formula is C20H21ClN2. The van der Waals surface area contributed by atoms with Gasteiger partial charge in [-0.2, -0.15) is 0 Å². The molecule has 0 spiro atoms. The largest absolute Gasteiger partial charge is 0.370 e. The van der Waals surface area contributed by atoms with Gasteiger partial charge in [0, 0.05) is 30.3 Å². The number of fused-ring (bicyclic) bond motifs is 1. The van der Waals surface area contributed by atoms with Gasteiger partial charge in [-0.25, -0.2) is 0 Å². The summed E-state index contributed by atoms with van der Waals surface area (Å²) in [4.78, 5) is 2.26. The molecule has 118 valence electrons. The summed E-state index contributed by atoms with van der Waals surface area (Å²) >= 11 is 5.96. The molecule has 1 unspecified atom stereocenters. The summed E-state index contributed by atoms with van der Waals surface area (Å²) in [6.45, 7) is 0.603. The maximum atomic E-state index is 6.03. The van der Waals surface area contributed by atoms with Crippen LogP contribution in [-0.2, 0) is 6.42 Å². The van der Waals surface area contributed by atoms with Gasteiger partial charge >= 0.3 is 0 Å². The lowest BCUT2D eigenvalue weighted by molar-refractivity contribution is 0.635. The van der Waals surface area contributed by atoms with Crippen molar-refractivity contribution in [3.8, 4) is 0 Å². The first-order chi connectivity index (χ1) is 11.2. The third kappa shape index (κ3) is 3.66. The molecule has 3 aromatic rings. The monoisotopic (exact) mass is 324 g/mol. The van der Waals surface area contributed by atoms with Crippen molar-refractivity contribution in [1.82, 2.24) is 0 Å². The molecular weight excluding hydrogens is 304 g/mol. The molecule has 0 aliphatic carbocycles. The molecule has 0 saturated carbocycles. The van der Waals surface area contributed by atoms with E-state index in [0.717, 1.165) is 11.4 Å². The predicted octanol–water partition coefficient (Wildman–Crippen LogP) is 4.50. The lowest BCUT2D eigenvalue weighted by Crippen LogP contribution is -2.39. The van der Waals surface area contributed by atoms with Crippen molar-refractivity contribution in [2.75, 3.05) is 18.5 Å². The van der Waals surface area contributed by atoms with Gasteiger partial charge in [0.25, 0.3) is 0 Å². The smallest absolute Gasteiger partial charge is 0.0449 e. The van der Waals surface area contributed by atoms with Crippen LogP contribution in [0.1, 0.15) is 5.56 Å². The molecule has 1 atom stereocenters. The Morgan fingerprint density at radius 2 is 1.65 bits per heavy atom. The minimum Gasteiger partial charge on any atom is -0.370 e. The number of hydrogen-bond donors (Lipinski definition) is 1. The number of anilines is 1. The van der Waals surface area contributed by atoms with Crippen LogP contribution >= 0.6 is 11.6 Å². The molecule has 0 saturated heterocycles. The Hall–Kier alpha value is -2.03. The fourth-order valence-electron chi connectivity index (χ4n) is 2.88. The number of rotatable bonds is 5. The van der Waals surface area contributed by atoms with E-state index in [9.17, 15) is 0 Å². The van der Waals surface area contributed by atoms with Crippen LogP contribution in [0, 0.1) is 0 Å². The molecule has 0 bridgehead atoms. The van der Waals surface area contributed by atoms with Crippen molar-refractivity contribution in [3.63, 3.8) is 0 Å². The summed E-state index contributed by atoms with van der Waals surface area (Å²) in [6.07, 6.45) is 0.900. The van der Waals surface area contributed by atoms with Crippen LogP contribution in [0.2, 0.25) is 5.02 Å². The number of benzene rings is 3. The molecule has 3 heteroatoms. The van der Waals surface area contributed by atoms with E-state index in [2.05, 4.69) is 66.5 Å². The van der Waals surface area contributed by atoms with E-state index < -0.39 is 0 Å². The molecule has 0 heterocycles. The maximum Gasteiger partial charge on any atom is 0.0449 e. The van der Waals surface area contributed by atoms with Gasteiger partial charge in [-0.1, -0.05) is 54.1 Å². The van der Waals surface area contributed by atoms with Crippen LogP contribution in [0.5, 0.6) is 0 Å². The van der Waals surface area contributed by atoms with Gasteiger partial charge in [0.15, 0.2) is 0 Å². The Kier molecular flexibility index (Phi) is 4.85. The van der Waals surface area contributed by atoms with Gasteiger partial charge in [-0.15, -0.1) is 0 Å². The summed E-state index contributed by atoms with van der Waals surface area (Å²) in [5.41, 5.74) is 8.47. The lowest BCUT2D eigenvalue weighted by atomic mass is 10.0. The first-order valence-electron chi connectivity index (χ1n) is 7.83. The average Bonchev–Trinajstić information content (AvgIpc) is 2.60. The van der Waals surface area contributed by atoms with Gasteiger partial charge in [-0.3, -0.25) is 0 Å². The number of nitrogens with two attached hydrogens (primary N) is 1. The Morgan fingerprint density at radius 3 is 2.35 bits per heavy atom. The van der Waals surface area contributed by atoms with Crippen LogP contribution in [0.25, 0.3) is 10.8 Å². The average molecular weight is 325 g/mol. The first kappa shape index (κ1) is 15.9. The first-order valence-corrected chi connectivity index (χ1v) is 8.21. The number of halogens is 1. The molecule has 23 heavy (non-hydrogen) atoms. The second-order valence-electron chi connectivity index (χ2n) is 5.86. The molecule has 0 amide bonds. The van der Waals surface area contributed by atoms with E-state index in [-0.39, 0.29) is 6.04 Å². The Balaban J connectivity index is 1.82. The molecule has 3 aromatic carbocycles. The minimum absolute atomic E-state index is 0.248. The zero-order chi connectivity index (χ0) is 16.2. The second kappa shape index (κ2) is 7.03. The molecule has 0 aliphatic heterocycles. The fraction of sp³-hybridized carbons (Fsp3) is 0.200. The highest BCUT2D eigenvalue weighted by molar-refractivity contribution is 6.30. The summed E-state index contributed by atoms with van der Waals surface area (Å²) in [5, 5.41) is 3.27. The minimum atomic E-state index is 0.248. The molecule has 0 fully saturated rings. The highest BCUT2D eigenvalue weighted by Gasteiger charge is 2.15. The molecule has 0 radical (unpaired) electrons. The van der Waals surface area contributed by atoms with E-state index >= 15 is 0 Å². The third-order valence-corrected chi connectivity index (χ3v) is 4.60. The summed E-state index contributed by atoms with van der Waals surface area (Å²) in [6, 6.07) is 23.2. The van der Waals surface area contributed by atoms with Crippen LogP contribution in [0.15, 0.2) is 66.7 Å².